The first kappa shape index (κ1) is 18.3. The number of carbonyl (C=O) groups excluding carboxylic acids is 1. The number of carbonyl (C=O) groups is 1. The molecule has 4 nitrogen and oxygen atoms in total. The van der Waals surface area contributed by atoms with Crippen LogP contribution < -0.4 is 9.64 Å². The predicted octanol–water partition coefficient (Wildman–Crippen LogP) is 3.37. The Bertz CT molecular complexity index is 760. The number of hydrogen-bond donors (Lipinski definition) is 0. The second-order valence-electron chi connectivity index (χ2n) is 6.31. The Morgan fingerprint density at radius 2 is 1.73 bits per heavy atom. The number of methoxy groups -OCH3 is 1. The molecule has 1 fully saturated rings. The Balaban J connectivity index is 1.53. The van der Waals surface area contributed by atoms with Crippen molar-refractivity contribution in [3.05, 3.63) is 59.7 Å². The minimum Gasteiger partial charge on any atom is -0.494 e. The summed E-state index contributed by atoms with van der Waals surface area (Å²) in [5.74, 6) is -1.03. The van der Waals surface area contributed by atoms with Crippen LogP contribution in [-0.4, -0.2) is 50.5 Å². The third kappa shape index (κ3) is 4.19. The summed E-state index contributed by atoms with van der Waals surface area (Å²) in [7, 11) is 1.31. The van der Waals surface area contributed by atoms with E-state index in [1.807, 2.05) is 35.2 Å². The van der Waals surface area contributed by atoms with E-state index in [-0.39, 0.29) is 17.2 Å². The molecule has 1 heterocycles. The molecule has 0 amide bonds. The largest absolute Gasteiger partial charge is 0.494 e. The number of benzene rings is 2. The van der Waals surface area contributed by atoms with Gasteiger partial charge in [-0.3, -0.25) is 9.69 Å². The quantitative estimate of drug-likeness (QED) is 0.740. The Labute approximate surface area is 152 Å². The molecule has 0 saturated carbocycles. The van der Waals surface area contributed by atoms with Gasteiger partial charge < -0.3 is 9.64 Å². The van der Waals surface area contributed by atoms with Crippen LogP contribution in [0.25, 0.3) is 0 Å². The summed E-state index contributed by atoms with van der Waals surface area (Å²) >= 11 is 0. The number of nitrogens with zero attached hydrogens (tertiary/aromatic N) is 2. The third-order valence-corrected chi connectivity index (χ3v) is 4.69. The SMILES string of the molecule is COc1cc(F)c(N2CCN(CCC(=O)c3ccccc3)CC2)cc1F. The highest BCUT2D eigenvalue weighted by Crippen LogP contribution is 2.28. The molecule has 0 spiro atoms. The molecule has 2 aromatic rings. The highest BCUT2D eigenvalue weighted by Gasteiger charge is 2.22. The van der Waals surface area contributed by atoms with Crippen LogP contribution in [0.4, 0.5) is 14.5 Å². The summed E-state index contributed by atoms with van der Waals surface area (Å²) in [6.07, 6.45) is 0.454. The number of ketones is 1. The maximum atomic E-state index is 14.2. The third-order valence-electron chi connectivity index (χ3n) is 4.69. The van der Waals surface area contributed by atoms with Crippen LogP contribution in [0, 0.1) is 11.6 Å². The fourth-order valence-electron chi connectivity index (χ4n) is 3.16. The molecule has 6 heteroatoms. The van der Waals surface area contributed by atoms with Crippen molar-refractivity contribution in [3.8, 4) is 5.75 Å². The molecule has 0 aliphatic carbocycles. The highest BCUT2D eigenvalue weighted by molar-refractivity contribution is 5.96. The summed E-state index contributed by atoms with van der Waals surface area (Å²) in [5.41, 5.74) is 0.977. The maximum Gasteiger partial charge on any atom is 0.167 e. The first-order chi connectivity index (χ1) is 12.6. The van der Waals surface area contributed by atoms with Gasteiger partial charge >= 0.3 is 0 Å². The van der Waals surface area contributed by atoms with Gasteiger partial charge in [0, 0.05) is 56.8 Å². The zero-order valence-corrected chi connectivity index (χ0v) is 14.8. The summed E-state index contributed by atoms with van der Waals surface area (Å²) in [5, 5.41) is 0. The van der Waals surface area contributed by atoms with E-state index in [1.165, 1.54) is 13.2 Å². The summed E-state index contributed by atoms with van der Waals surface area (Å²) < 4.78 is 32.9. The number of Topliss-reactive ketones (excluding diaryl/α,β-unsaturated/α-hetero) is 1. The van der Waals surface area contributed by atoms with Crippen LogP contribution >= 0.6 is 0 Å². The van der Waals surface area contributed by atoms with Crippen LogP contribution in [0.5, 0.6) is 5.75 Å². The topological polar surface area (TPSA) is 32.8 Å². The van der Waals surface area contributed by atoms with Gasteiger partial charge in [-0.25, -0.2) is 8.78 Å². The average molecular weight is 360 g/mol. The number of anilines is 1. The van der Waals surface area contributed by atoms with Gasteiger partial charge in [0.05, 0.1) is 12.8 Å². The van der Waals surface area contributed by atoms with E-state index < -0.39 is 11.6 Å². The lowest BCUT2D eigenvalue weighted by Gasteiger charge is -2.36. The fourth-order valence-corrected chi connectivity index (χ4v) is 3.16. The molecule has 0 aromatic heterocycles. The minimum atomic E-state index is -0.570. The van der Waals surface area contributed by atoms with E-state index in [0.29, 0.717) is 39.1 Å². The molecule has 1 saturated heterocycles. The van der Waals surface area contributed by atoms with Crippen LogP contribution in [-0.2, 0) is 0 Å². The van der Waals surface area contributed by atoms with Gasteiger partial charge in [0.25, 0.3) is 0 Å². The van der Waals surface area contributed by atoms with E-state index in [4.69, 9.17) is 4.74 Å². The second kappa shape index (κ2) is 8.27. The van der Waals surface area contributed by atoms with Crippen LogP contribution in [0.15, 0.2) is 42.5 Å². The molecule has 138 valence electrons. The van der Waals surface area contributed by atoms with E-state index in [0.717, 1.165) is 11.6 Å². The monoisotopic (exact) mass is 360 g/mol. The number of halogens is 2. The predicted molar refractivity (Wildman–Crippen MR) is 97.0 cm³/mol. The lowest BCUT2D eigenvalue weighted by Crippen LogP contribution is -2.47. The Morgan fingerprint density at radius 3 is 2.38 bits per heavy atom. The summed E-state index contributed by atoms with van der Waals surface area (Å²) in [6, 6.07) is 11.5. The molecule has 1 aliphatic rings. The minimum absolute atomic E-state index is 0.0932. The van der Waals surface area contributed by atoms with E-state index in [1.54, 1.807) is 0 Å². The second-order valence-corrected chi connectivity index (χ2v) is 6.31. The molecule has 3 rings (SSSR count). The van der Waals surface area contributed by atoms with Gasteiger partial charge in [-0.1, -0.05) is 30.3 Å². The zero-order valence-electron chi connectivity index (χ0n) is 14.8. The van der Waals surface area contributed by atoms with Gasteiger partial charge in [-0.15, -0.1) is 0 Å². The van der Waals surface area contributed by atoms with Gasteiger partial charge in [-0.05, 0) is 0 Å². The van der Waals surface area contributed by atoms with Crippen LogP contribution in [0.1, 0.15) is 16.8 Å². The van der Waals surface area contributed by atoms with Gasteiger partial charge in [0.1, 0.15) is 5.82 Å². The Morgan fingerprint density at radius 1 is 1.04 bits per heavy atom. The van der Waals surface area contributed by atoms with Gasteiger partial charge in [0.15, 0.2) is 17.3 Å². The van der Waals surface area contributed by atoms with Gasteiger partial charge in [0.2, 0.25) is 0 Å². The highest BCUT2D eigenvalue weighted by atomic mass is 19.1. The Hall–Kier alpha value is -2.47. The normalized spacial score (nSPS) is 15.1. The van der Waals surface area contributed by atoms with Crippen molar-refractivity contribution in [2.45, 2.75) is 6.42 Å². The molecule has 0 N–H and O–H groups in total. The van der Waals surface area contributed by atoms with Crippen LogP contribution in [0.2, 0.25) is 0 Å². The van der Waals surface area contributed by atoms with Crippen LogP contribution in [0.3, 0.4) is 0 Å². The van der Waals surface area contributed by atoms with Crippen molar-refractivity contribution < 1.29 is 18.3 Å². The zero-order chi connectivity index (χ0) is 18.5. The lowest BCUT2D eigenvalue weighted by atomic mass is 10.1. The van der Waals surface area contributed by atoms with Crippen molar-refractivity contribution >= 4 is 11.5 Å². The van der Waals surface area contributed by atoms with E-state index in [2.05, 4.69) is 4.90 Å². The van der Waals surface area contributed by atoms with E-state index >= 15 is 0 Å². The molecular weight excluding hydrogens is 338 g/mol. The first-order valence-corrected chi connectivity index (χ1v) is 8.67. The first-order valence-electron chi connectivity index (χ1n) is 8.67. The van der Waals surface area contributed by atoms with Crippen molar-refractivity contribution in [1.29, 1.82) is 0 Å². The summed E-state index contributed by atoms with van der Waals surface area (Å²) in [6.45, 7) is 3.25. The molecule has 0 unspecified atom stereocenters. The van der Waals surface area contributed by atoms with Crippen molar-refractivity contribution in [3.63, 3.8) is 0 Å². The number of hydrogen-bond acceptors (Lipinski definition) is 4. The Kier molecular flexibility index (Phi) is 5.83. The van der Waals surface area contributed by atoms with Crippen molar-refractivity contribution in [2.24, 2.45) is 0 Å². The molecular formula is C20H22F2N2O2. The lowest BCUT2D eigenvalue weighted by molar-refractivity contribution is 0.0962. The fraction of sp³-hybridized carbons (Fsp3) is 0.350. The maximum absolute atomic E-state index is 14.2. The molecule has 0 radical (unpaired) electrons. The summed E-state index contributed by atoms with van der Waals surface area (Å²) in [4.78, 5) is 16.2. The smallest absolute Gasteiger partial charge is 0.167 e. The molecule has 0 atom stereocenters. The molecule has 0 bridgehead atoms. The average Bonchev–Trinajstić information content (AvgIpc) is 2.68. The standard InChI is InChI=1S/C20H22F2N2O2/c1-26-20-14-16(21)18(13-17(20)22)24-11-9-23(10-12-24)8-7-19(25)15-5-3-2-4-6-15/h2-6,13-14H,7-12H2,1H3. The number of ether oxygens (including phenoxy) is 1. The number of piperazine rings is 1. The van der Waals surface area contributed by atoms with Crippen molar-refractivity contribution in [1.82, 2.24) is 4.90 Å². The van der Waals surface area contributed by atoms with Crippen molar-refractivity contribution in [2.75, 3.05) is 44.7 Å². The molecule has 2 aromatic carbocycles. The number of rotatable bonds is 6. The van der Waals surface area contributed by atoms with E-state index in [9.17, 15) is 13.6 Å². The van der Waals surface area contributed by atoms with Gasteiger partial charge in [-0.2, -0.15) is 0 Å². The molecule has 1 aliphatic heterocycles. The molecule has 26 heavy (non-hydrogen) atoms.